The van der Waals surface area contributed by atoms with Crippen LogP contribution in [0.5, 0.6) is 0 Å². The third kappa shape index (κ3) is 3.82. The van der Waals surface area contributed by atoms with E-state index in [1.807, 2.05) is 16.8 Å². The summed E-state index contributed by atoms with van der Waals surface area (Å²) in [6, 6.07) is 7.42. The molecule has 0 fully saturated rings. The second kappa shape index (κ2) is 6.22. The van der Waals surface area contributed by atoms with Gasteiger partial charge >= 0.3 is 0 Å². The lowest BCUT2D eigenvalue weighted by Gasteiger charge is -2.07. The molecule has 1 aromatic heterocycles. The van der Waals surface area contributed by atoms with Gasteiger partial charge in [-0.15, -0.1) is 0 Å². The average Bonchev–Trinajstić information content (AvgIpc) is 2.80. The molecule has 1 heterocycles. The van der Waals surface area contributed by atoms with Gasteiger partial charge in [0.1, 0.15) is 5.82 Å². The minimum atomic E-state index is -0.368. The van der Waals surface area contributed by atoms with Gasteiger partial charge in [-0.25, -0.2) is 4.39 Å². The first-order chi connectivity index (χ1) is 9.06. The number of benzene rings is 1. The fourth-order valence-electron chi connectivity index (χ4n) is 1.88. The molecule has 2 nitrogen and oxygen atoms in total. The first kappa shape index (κ1) is 14.1. The molecule has 0 aliphatic carbocycles. The number of halogens is 2. The average molecular weight is 281 g/mol. The maximum absolute atomic E-state index is 13.3. The van der Waals surface area contributed by atoms with Crippen molar-refractivity contribution in [2.24, 2.45) is 0 Å². The van der Waals surface area contributed by atoms with Crippen LogP contribution in [0.15, 0.2) is 36.7 Å². The van der Waals surface area contributed by atoms with Crippen LogP contribution in [-0.2, 0) is 13.1 Å². The van der Waals surface area contributed by atoms with Crippen LogP contribution < -0.4 is 5.32 Å². The van der Waals surface area contributed by atoms with Crippen molar-refractivity contribution < 1.29 is 4.39 Å². The zero-order valence-corrected chi connectivity index (χ0v) is 11.9. The molecule has 0 unspecified atom stereocenters. The lowest BCUT2D eigenvalue weighted by molar-refractivity contribution is 0.588. The number of aromatic nitrogens is 1. The number of hydrogen-bond donors (Lipinski definition) is 1. The molecule has 102 valence electrons. The molecule has 0 aliphatic rings. The molecule has 0 spiro atoms. The molecule has 0 saturated carbocycles. The first-order valence-corrected chi connectivity index (χ1v) is 6.75. The Kier molecular flexibility index (Phi) is 4.61. The summed E-state index contributed by atoms with van der Waals surface area (Å²) in [5.74, 6) is -0.368. The SMILES string of the molecule is CC(C)NCc1ccn(Cc2cccc(F)c2Cl)c1. The van der Waals surface area contributed by atoms with Crippen LogP contribution in [0.25, 0.3) is 0 Å². The molecule has 0 saturated heterocycles. The van der Waals surface area contributed by atoms with E-state index in [0.717, 1.165) is 12.1 Å². The molecule has 0 aliphatic heterocycles. The van der Waals surface area contributed by atoms with Gasteiger partial charge in [-0.05, 0) is 23.3 Å². The Morgan fingerprint density at radius 2 is 2.11 bits per heavy atom. The van der Waals surface area contributed by atoms with Gasteiger partial charge in [0, 0.05) is 31.5 Å². The summed E-state index contributed by atoms with van der Waals surface area (Å²) in [7, 11) is 0. The standard InChI is InChI=1S/C15H18ClFN2/c1-11(2)18-8-12-6-7-19(9-12)10-13-4-3-5-14(17)15(13)16/h3-7,9,11,18H,8,10H2,1-2H3. The summed E-state index contributed by atoms with van der Waals surface area (Å²) < 4.78 is 15.4. The van der Waals surface area contributed by atoms with E-state index in [4.69, 9.17) is 11.6 Å². The Bertz CT molecular complexity index is 549. The van der Waals surface area contributed by atoms with Gasteiger partial charge in [-0.1, -0.05) is 37.6 Å². The Morgan fingerprint density at radius 1 is 1.32 bits per heavy atom. The van der Waals surface area contributed by atoms with Crippen LogP contribution in [0.3, 0.4) is 0 Å². The van der Waals surface area contributed by atoms with Crippen molar-refractivity contribution in [3.05, 3.63) is 58.6 Å². The van der Waals surface area contributed by atoms with E-state index in [-0.39, 0.29) is 10.8 Å². The van der Waals surface area contributed by atoms with Gasteiger partial charge in [0.25, 0.3) is 0 Å². The van der Waals surface area contributed by atoms with Crippen molar-refractivity contribution in [3.8, 4) is 0 Å². The predicted octanol–water partition coefficient (Wildman–Crippen LogP) is 3.83. The second-order valence-electron chi connectivity index (χ2n) is 4.94. The molecule has 1 aromatic carbocycles. The molecule has 4 heteroatoms. The largest absolute Gasteiger partial charge is 0.350 e. The van der Waals surface area contributed by atoms with Gasteiger partial charge in [0.05, 0.1) is 5.02 Å². The summed E-state index contributed by atoms with van der Waals surface area (Å²) >= 11 is 5.95. The van der Waals surface area contributed by atoms with Crippen molar-refractivity contribution in [1.29, 1.82) is 0 Å². The zero-order valence-electron chi connectivity index (χ0n) is 11.2. The van der Waals surface area contributed by atoms with E-state index in [1.54, 1.807) is 6.07 Å². The van der Waals surface area contributed by atoms with E-state index < -0.39 is 0 Å². The first-order valence-electron chi connectivity index (χ1n) is 6.37. The van der Waals surface area contributed by atoms with E-state index >= 15 is 0 Å². The van der Waals surface area contributed by atoms with Crippen molar-refractivity contribution in [3.63, 3.8) is 0 Å². The third-order valence-corrected chi connectivity index (χ3v) is 3.33. The van der Waals surface area contributed by atoms with Crippen molar-refractivity contribution >= 4 is 11.6 Å². The number of hydrogen-bond acceptors (Lipinski definition) is 1. The van der Waals surface area contributed by atoms with Crippen LogP contribution in [-0.4, -0.2) is 10.6 Å². The maximum atomic E-state index is 13.3. The normalized spacial score (nSPS) is 11.2. The lowest BCUT2D eigenvalue weighted by Crippen LogP contribution is -2.21. The van der Waals surface area contributed by atoms with Crippen LogP contribution in [0.2, 0.25) is 5.02 Å². The highest BCUT2D eigenvalue weighted by Crippen LogP contribution is 2.20. The molecule has 0 radical (unpaired) electrons. The minimum absolute atomic E-state index is 0.207. The second-order valence-corrected chi connectivity index (χ2v) is 5.32. The lowest BCUT2D eigenvalue weighted by atomic mass is 10.2. The minimum Gasteiger partial charge on any atom is -0.350 e. The van der Waals surface area contributed by atoms with Crippen molar-refractivity contribution in [2.75, 3.05) is 0 Å². The monoisotopic (exact) mass is 280 g/mol. The van der Waals surface area contributed by atoms with E-state index in [2.05, 4.69) is 31.4 Å². The van der Waals surface area contributed by atoms with E-state index in [1.165, 1.54) is 11.6 Å². The topological polar surface area (TPSA) is 17.0 Å². The highest BCUT2D eigenvalue weighted by molar-refractivity contribution is 6.31. The van der Waals surface area contributed by atoms with Gasteiger partial charge in [-0.3, -0.25) is 0 Å². The molecular weight excluding hydrogens is 263 g/mol. The Hall–Kier alpha value is -1.32. The van der Waals surface area contributed by atoms with E-state index in [9.17, 15) is 4.39 Å². The van der Waals surface area contributed by atoms with Gasteiger partial charge in [0.15, 0.2) is 0 Å². The predicted molar refractivity (Wildman–Crippen MR) is 76.9 cm³/mol. The molecule has 0 atom stereocenters. The highest BCUT2D eigenvalue weighted by atomic mass is 35.5. The highest BCUT2D eigenvalue weighted by Gasteiger charge is 2.06. The number of nitrogens with one attached hydrogen (secondary N) is 1. The molecule has 19 heavy (non-hydrogen) atoms. The van der Waals surface area contributed by atoms with Gasteiger partial charge in [-0.2, -0.15) is 0 Å². The summed E-state index contributed by atoms with van der Waals surface area (Å²) in [5.41, 5.74) is 2.00. The van der Waals surface area contributed by atoms with Gasteiger partial charge in [0.2, 0.25) is 0 Å². The molecule has 0 amide bonds. The number of rotatable bonds is 5. The van der Waals surface area contributed by atoms with Crippen molar-refractivity contribution in [1.82, 2.24) is 9.88 Å². The third-order valence-electron chi connectivity index (χ3n) is 2.91. The molecule has 2 aromatic rings. The smallest absolute Gasteiger partial charge is 0.142 e. The Morgan fingerprint density at radius 3 is 2.84 bits per heavy atom. The Balaban J connectivity index is 2.05. The van der Waals surface area contributed by atoms with Crippen molar-refractivity contribution in [2.45, 2.75) is 33.0 Å². The summed E-state index contributed by atoms with van der Waals surface area (Å²) in [6.45, 7) is 5.65. The fraction of sp³-hybridized carbons (Fsp3) is 0.333. The zero-order chi connectivity index (χ0) is 13.8. The van der Waals surface area contributed by atoms with Crippen LogP contribution in [0.1, 0.15) is 25.0 Å². The summed E-state index contributed by atoms with van der Waals surface area (Å²) in [4.78, 5) is 0. The quantitative estimate of drug-likeness (QED) is 0.881. The molecular formula is C15H18ClFN2. The Labute approximate surface area is 118 Å². The summed E-state index contributed by atoms with van der Waals surface area (Å²) in [6.07, 6.45) is 4.04. The molecule has 1 N–H and O–H groups in total. The van der Waals surface area contributed by atoms with E-state index in [0.29, 0.717) is 12.6 Å². The van der Waals surface area contributed by atoms with Crippen LogP contribution in [0, 0.1) is 5.82 Å². The number of nitrogens with zero attached hydrogens (tertiary/aromatic N) is 1. The van der Waals surface area contributed by atoms with Gasteiger partial charge < -0.3 is 9.88 Å². The summed E-state index contributed by atoms with van der Waals surface area (Å²) in [5, 5.41) is 3.57. The maximum Gasteiger partial charge on any atom is 0.142 e. The van der Waals surface area contributed by atoms with Crippen LogP contribution in [0.4, 0.5) is 4.39 Å². The molecule has 0 bridgehead atoms. The fourth-order valence-corrected chi connectivity index (χ4v) is 2.07. The molecule has 2 rings (SSSR count). The van der Waals surface area contributed by atoms with Crippen LogP contribution >= 0.6 is 11.6 Å².